The molecule has 0 N–H and O–H groups in total. The van der Waals surface area contributed by atoms with Crippen molar-refractivity contribution in [2.75, 3.05) is 11.9 Å². The normalized spacial score (nSPS) is 20.8. The molecule has 5 rings (SSSR count). The molecule has 2 heteroatoms. The maximum Gasteiger partial charge on any atom is 0.216 e. The second-order valence-corrected chi connectivity index (χ2v) is 10.4. The van der Waals surface area contributed by atoms with E-state index in [1.165, 1.54) is 61.5 Å². The van der Waals surface area contributed by atoms with Crippen molar-refractivity contribution in [2.45, 2.75) is 72.9 Å². The number of nitrogens with zero attached hydrogens (tertiary/aromatic N) is 2. The van der Waals surface area contributed by atoms with Gasteiger partial charge in [0, 0.05) is 41.9 Å². The molecular formula is C29H35N2+. The van der Waals surface area contributed by atoms with Crippen molar-refractivity contribution in [3.05, 3.63) is 81.2 Å². The first-order chi connectivity index (χ1) is 14.6. The van der Waals surface area contributed by atoms with E-state index in [4.69, 9.17) is 0 Å². The molecule has 31 heavy (non-hydrogen) atoms. The van der Waals surface area contributed by atoms with E-state index >= 15 is 0 Å². The van der Waals surface area contributed by atoms with E-state index in [1.807, 2.05) is 0 Å². The summed E-state index contributed by atoms with van der Waals surface area (Å²) in [5.74, 6) is 0.531. The second-order valence-electron chi connectivity index (χ2n) is 10.4. The summed E-state index contributed by atoms with van der Waals surface area (Å²) in [6.45, 7) is 17.4. The van der Waals surface area contributed by atoms with E-state index in [9.17, 15) is 0 Å². The zero-order chi connectivity index (χ0) is 22.2. The summed E-state index contributed by atoms with van der Waals surface area (Å²) in [7, 11) is 2.29. The van der Waals surface area contributed by atoms with Crippen LogP contribution in [-0.4, -0.2) is 12.6 Å². The largest absolute Gasteiger partial charge is 0.365 e. The summed E-state index contributed by atoms with van der Waals surface area (Å²) in [5.41, 5.74) is 16.0. The lowest BCUT2D eigenvalue weighted by Crippen LogP contribution is -2.41. The molecule has 0 spiro atoms. The summed E-state index contributed by atoms with van der Waals surface area (Å²) in [6.07, 6.45) is 10.3. The zero-order valence-corrected chi connectivity index (χ0v) is 20.4. The standard InChI is InChI=1S/C29H35N2/c1-17(2)24-18(3)19(4)25-26(29(6,7)30(8)27(25)20(24)5)23-15-21-11-9-13-31-14-10-12-22(16-23)28(21)31/h9-13,16-17H,14-15H2,1-8H3/q+1. The predicted molar refractivity (Wildman–Crippen MR) is 132 cm³/mol. The minimum absolute atomic E-state index is 0.0487. The minimum Gasteiger partial charge on any atom is -0.365 e. The fourth-order valence-electron chi connectivity index (χ4n) is 6.40. The monoisotopic (exact) mass is 411 g/mol. The highest BCUT2D eigenvalue weighted by Crippen LogP contribution is 2.54. The smallest absolute Gasteiger partial charge is 0.216 e. The van der Waals surface area contributed by atoms with E-state index < -0.39 is 0 Å². The van der Waals surface area contributed by atoms with Crippen molar-refractivity contribution >= 4 is 16.8 Å². The lowest BCUT2D eigenvalue weighted by Gasteiger charge is -2.34. The Morgan fingerprint density at radius 2 is 1.81 bits per heavy atom. The first kappa shape index (κ1) is 20.3. The number of hydrogen-bond acceptors (Lipinski definition) is 1. The quantitative estimate of drug-likeness (QED) is 0.506. The Morgan fingerprint density at radius 3 is 2.52 bits per heavy atom. The van der Waals surface area contributed by atoms with Crippen LogP contribution in [0, 0.1) is 20.8 Å². The molecule has 0 fully saturated rings. The molecule has 0 radical (unpaired) electrons. The maximum absolute atomic E-state index is 2.54. The number of fused-ring (bicyclic) bond motifs is 1. The third-order valence-corrected chi connectivity index (χ3v) is 8.01. The number of aromatic nitrogens is 1. The molecule has 2 aromatic rings. The molecule has 2 nitrogen and oxygen atoms in total. The number of likely N-dealkylation sites (N-methyl/N-ethyl adjacent to an activating group) is 1. The van der Waals surface area contributed by atoms with Gasteiger partial charge in [-0.1, -0.05) is 13.8 Å². The summed E-state index contributed by atoms with van der Waals surface area (Å²) in [4.78, 5) is 2.54. The van der Waals surface area contributed by atoms with Crippen LogP contribution in [0.3, 0.4) is 0 Å². The molecular weight excluding hydrogens is 376 g/mol. The number of allylic oxidation sites excluding steroid dienone is 5. The van der Waals surface area contributed by atoms with Crippen LogP contribution in [0.25, 0.3) is 11.1 Å². The van der Waals surface area contributed by atoms with Gasteiger partial charge in [0.05, 0.1) is 5.54 Å². The summed E-state index contributed by atoms with van der Waals surface area (Å²) in [5, 5.41) is 0. The average Bonchev–Trinajstić information content (AvgIpc) is 2.93. The fraction of sp³-hybridized carbons (Fsp3) is 0.414. The first-order valence-electron chi connectivity index (χ1n) is 11.7. The molecule has 3 aliphatic rings. The van der Waals surface area contributed by atoms with Gasteiger partial charge >= 0.3 is 0 Å². The van der Waals surface area contributed by atoms with Gasteiger partial charge in [0.2, 0.25) is 5.69 Å². The highest BCUT2D eigenvalue weighted by Gasteiger charge is 2.43. The SMILES string of the molecule is Cc1c(C)c(C(C)C)c(C)c2c1/C(=C1\C=C3C=CC[n+]4cccc(c43)C1)C(C)(C)N2C. The van der Waals surface area contributed by atoms with Crippen molar-refractivity contribution in [2.24, 2.45) is 0 Å². The summed E-state index contributed by atoms with van der Waals surface area (Å²) < 4.78 is 2.39. The number of benzene rings is 1. The van der Waals surface area contributed by atoms with Crippen LogP contribution in [0.5, 0.6) is 0 Å². The Hall–Kier alpha value is -2.61. The number of anilines is 1. The van der Waals surface area contributed by atoms with Gasteiger partial charge in [-0.2, -0.15) is 4.57 Å². The third kappa shape index (κ3) is 2.67. The van der Waals surface area contributed by atoms with Crippen molar-refractivity contribution in [1.82, 2.24) is 0 Å². The first-order valence-corrected chi connectivity index (χ1v) is 11.7. The van der Waals surface area contributed by atoms with Gasteiger partial charge in [0.25, 0.3) is 0 Å². The molecule has 160 valence electrons. The topological polar surface area (TPSA) is 7.12 Å². The van der Waals surface area contributed by atoms with Crippen LogP contribution in [0.2, 0.25) is 0 Å². The maximum atomic E-state index is 2.54. The highest BCUT2D eigenvalue weighted by molar-refractivity contribution is 5.98. The summed E-state index contributed by atoms with van der Waals surface area (Å²) >= 11 is 0. The van der Waals surface area contributed by atoms with E-state index in [0.717, 1.165) is 13.0 Å². The van der Waals surface area contributed by atoms with Crippen molar-refractivity contribution in [1.29, 1.82) is 0 Å². The van der Waals surface area contributed by atoms with Gasteiger partial charge in [-0.05, 0) is 98.2 Å². The number of pyridine rings is 1. The molecule has 0 bridgehead atoms. The van der Waals surface area contributed by atoms with Crippen LogP contribution in [0.1, 0.15) is 72.7 Å². The van der Waals surface area contributed by atoms with Crippen LogP contribution >= 0.6 is 0 Å². The summed E-state index contributed by atoms with van der Waals surface area (Å²) in [6, 6.07) is 4.52. The molecule has 3 heterocycles. The predicted octanol–water partition coefficient (Wildman–Crippen LogP) is 6.21. The number of rotatable bonds is 1. The fourth-order valence-corrected chi connectivity index (χ4v) is 6.40. The van der Waals surface area contributed by atoms with E-state index in [-0.39, 0.29) is 5.54 Å². The van der Waals surface area contributed by atoms with Gasteiger partial charge in [-0.25, -0.2) is 0 Å². The highest BCUT2D eigenvalue weighted by atomic mass is 15.2. The van der Waals surface area contributed by atoms with Gasteiger partial charge in [-0.3, -0.25) is 0 Å². The molecule has 1 aromatic heterocycles. The molecule has 0 unspecified atom stereocenters. The Morgan fingerprint density at radius 1 is 1.06 bits per heavy atom. The van der Waals surface area contributed by atoms with Crippen LogP contribution in [0.15, 0.2) is 42.1 Å². The van der Waals surface area contributed by atoms with Crippen LogP contribution in [-0.2, 0) is 13.0 Å². The molecule has 1 aliphatic carbocycles. The average molecular weight is 412 g/mol. The van der Waals surface area contributed by atoms with Gasteiger partial charge in [0.1, 0.15) is 0 Å². The second kappa shape index (κ2) is 6.69. The van der Waals surface area contributed by atoms with Crippen LogP contribution < -0.4 is 9.47 Å². The van der Waals surface area contributed by atoms with Crippen molar-refractivity contribution in [3.63, 3.8) is 0 Å². The minimum atomic E-state index is -0.0487. The van der Waals surface area contributed by atoms with Gasteiger partial charge in [-0.15, -0.1) is 0 Å². The van der Waals surface area contributed by atoms with E-state index in [0.29, 0.717) is 5.92 Å². The van der Waals surface area contributed by atoms with E-state index in [2.05, 4.69) is 102 Å². The molecule has 0 amide bonds. The Labute approximate surface area is 187 Å². The van der Waals surface area contributed by atoms with Crippen molar-refractivity contribution in [3.8, 4) is 0 Å². The zero-order valence-electron chi connectivity index (χ0n) is 20.4. The van der Waals surface area contributed by atoms with Crippen LogP contribution in [0.4, 0.5) is 5.69 Å². The van der Waals surface area contributed by atoms with Gasteiger partial charge in [0.15, 0.2) is 12.7 Å². The number of hydrogen-bond donors (Lipinski definition) is 0. The molecule has 0 saturated carbocycles. The van der Waals surface area contributed by atoms with E-state index in [1.54, 1.807) is 0 Å². The molecule has 0 atom stereocenters. The molecule has 2 aliphatic heterocycles. The van der Waals surface area contributed by atoms with Gasteiger partial charge < -0.3 is 4.90 Å². The third-order valence-electron chi connectivity index (χ3n) is 8.01. The molecule has 0 saturated heterocycles. The Kier molecular flexibility index (Phi) is 4.38. The molecule has 1 aromatic carbocycles. The Balaban J connectivity index is 1.84. The van der Waals surface area contributed by atoms with Crippen molar-refractivity contribution < 1.29 is 4.57 Å². The Bertz CT molecular complexity index is 1220. The lowest BCUT2D eigenvalue weighted by molar-refractivity contribution is -0.690. The lowest BCUT2D eigenvalue weighted by atomic mass is 9.78.